The molecule has 0 saturated heterocycles. The minimum Gasteiger partial charge on any atom is -0.484 e. The van der Waals surface area contributed by atoms with E-state index in [4.69, 9.17) is 4.74 Å². The molecule has 0 bridgehead atoms. The molecule has 0 atom stereocenters. The predicted octanol–water partition coefficient (Wildman–Crippen LogP) is 2.55. The van der Waals surface area contributed by atoms with Gasteiger partial charge in [0.15, 0.2) is 6.61 Å². The molecule has 1 aromatic heterocycles. The van der Waals surface area contributed by atoms with Gasteiger partial charge in [0, 0.05) is 6.07 Å². The van der Waals surface area contributed by atoms with Crippen LogP contribution in [0.2, 0.25) is 0 Å². The summed E-state index contributed by atoms with van der Waals surface area (Å²) < 4.78 is 5.46. The Balaban J connectivity index is 1.88. The Kier molecular flexibility index (Phi) is 4.18. The van der Waals surface area contributed by atoms with E-state index in [2.05, 4.69) is 29.4 Å². The Morgan fingerprint density at radius 2 is 2.26 bits per heavy atom. The molecule has 0 radical (unpaired) electrons. The highest BCUT2D eigenvalue weighted by molar-refractivity contribution is 5.90. The molecule has 1 aromatic carbocycles. The van der Waals surface area contributed by atoms with Crippen molar-refractivity contribution in [3.63, 3.8) is 0 Å². The number of anilines is 1. The number of carbonyl (C=O) groups is 1. The number of hydrogen-bond donors (Lipinski definition) is 2. The van der Waals surface area contributed by atoms with Crippen molar-refractivity contribution in [2.45, 2.75) is 19.8 Å². The number of nitrogens with one attached hydrogen (secondary N) is 2. The summed E-state index contributed by atoms with van der Waals surface area (Å²) in [6, 6.07) is 9.44. The molecule has 1 heterocycles. The van der Waals surface area contributed by atoms with Crippen LogP contribution in [0.3, 0.4) is 0 Å². The van der Waals surface area contributed by atoms with Gasteiger partial charge in [0.25, 0.3) is 5.91 Å². The third-order valence-corrected chi connectivity index (χ3v) is 2.67. The lowest BCUT2D eigenvalue weighted by Gasteiger charge is -2.09. The van der Waals surface area contributed by atoms with E-state index in [1.807, 2.05) is 24.3 Å². The van der Waals surface area contributed by atoms with Crippen LogP contribution in [-0.4, -0.2) is 22.7 Å². The molecular weight excluding hydrogens is 242 g/mol. The van der Waals surface area contributed by atoms with E-state index in [9.17, 15) is 4.79 Å². The van der Waals surface area contributed by atoms with Crippen LogP contribution in [0.4, 0.5) is 5.82 Å². The molecule has 5 heteroatoms. The lowest BCUT2D eigenvalue weighted by atomic mass is 10.0. The van der Waals surface area contributed by atoms with Crippen LogP contribution in [0.15, 0.2) is 36.5 Å². The third-order valence-electron chi connectivity index (χ3n) is 2.67. The zero-order valence-electron chi connectivity index (χ0n) is 11.0. The number of H-pyrrole nitrogens is 1. The second kappa shape index (κ2) is 6.04. The van der Waals surface area contributed by atoms with E-state index in [1.54, 1.807) is 12.3 Å². The number of nitrogens with zero attached hydrogens (tertiary/aromatic N) is 1. The van der Waals surface area contributed by atoms with E-state index in [1.165, 1.54) is 5.56 Å². The van der Waals surface area contributed by atoms with Gasteiger partial charge in [0.05, 0.1) is 6.20 Å². The van der Waals surface area contributed by atoms with Crippen LogP contribution in [-0.2, 0) is 4.79 Å². The molecule has 19 heavy (non-hydrogen) atoms. The first-order valence-corrected chi connectivity index (χ1v) is 6.17. The van der Waals surface area contributed by atoms with Gasteiger partial charge in [-0.05, 0) is 23.6 Å². The van der Waals surface area contributed by atoms with Gasteiger partial charge in [-0.2, -0.15) is 5.10 Å². The molecule has 1 amide bonds. The standard InChI is InChI=1S/C14H17N3O2/c1-10(2)11-4-3-5-12(8-11)19-9-14(18)16-13-6-7-15-17-13/h3-8,10H,9H2,1-2H3,(H2,15,16,17,18). The summed E-state index contributed by atoms with van der Waals surface area (Å²) >= 11 is 0. The molecule has 0 fully saturated rings. The lowest BCUT2D eigenvalue weighted by molar-refractivity contribution is -0.118. The summed E-state index contributed by atoms with van der Waals surface area (Å²) in [4.78, 5) is 11.6. The SMILES string of the molecule is CC(C)c1cccc(OCC(=O)Nc2ccn[nH]2)c1. The molecule has 0 unspecified atom stereocenters. The Morgan fingerprint density at radius 1 is 1.42 bits per heavy atom. The molecule has 0 aliphatic carbocycles. The fourth-order valence-corrected chi connectivity index (χ4v) is 1.62. The maximum atomic E-state index is 11.6. The minimum atomic E-state index is -0.223. The lowest BCUT2D eigenvalue weighted by Crippen LogP contribution is -2.20. The number of rotatable bonds is 5. The molecule has 100 valence electrons. The van der Waals surface area contributed by atoms with E-state index in [0.717, 1.165) is 0 Å². The Morgan fingerprint density at radius 3 is 2.95 bits per heavy atom. The molecule has 5 nitrogen and oxygen atoms in total. The quantitative estimate of drug-likeness (QED) is 0.867. The van der Waals surface area contributed by atoms with Gasteiger partial charge in [-0.1, -0.05) is 26.0 Å². The number of ether oxygens (including phenoxy) is 1. The van der Waals surface area contributed by atoms with Crippen molar-refractivity contribution in [3.05, 3.63) is 42.1 Å². The molecule has 2 aromatic rings. The van der Waals surface area contributed by atoms with E-state index < -0.39 is 0 Å². The van der Waals surface area contributed by atoms with Crippen molar-refractivity contribution in [3.8, 4) is 5.75 Å². The average Bonchev–Trinajstić information content (AvgIpc) is 2.89. The van der Waals surface area contributed by atoms with Crippen LogP contribution in [0.1, 0.15) is 25.3 Å². The fraction of sp³-hybridized carbons (Fsp3) is 0.286. The van der Waals surface area contributed by atoms with Crippen molar-refractivity contribution in [1.82, 2.24) is 10.2 Å². The zero-order chi connectivity index (χ0) is 13.7. The summed E-state index contributed by atoms with van der Waals surface area (Å²) in [5, 5.41) is 9.04. The van der Waals surface area contributed by atoms with E-state index in [0.29, 0.717) is 17.5 Å². The van der Waals surface area contributed by atoms with Crippen LogP contribution >= 0.6 is 0 Å². The second-order valence-corrected chi connectivity index (χ2v) is 4.53. The highest BCUT2D eigenvalue weighted by Crippen LogP contribution is 2.20. The molecular formula is C14H17N3O2. The molecule has 2 N–H and O–H groups in total. The zero-order valence-corrected chi connectivity index (χ0v) is 11.0. The summed E-state index contributed by atoms with van der Waals surface area (Å²) in [6.45, 7) is 4.20. The normalized spacial score (nSPS) is 10.5. The molecule has 0 spiro atoms. The Labute approximate surface area is 112 Å². The summed E-state index contributed by atoms with van der Waals surface area (Å²) in [5.41, 5.74) is 1.19. The van der Waals surface area contributed by atoms with Crippen molar-refractivity contribution in [1.29, 1.82) is 0 Å². The number of benzene rings is 1. The first-order valence-electron chi connectivity index (χ1n) is 6.17. The maximum Gasteiger partial charge on any atom is 0.263 e. The number of aromatic amines is 1. The smallest absolute Gasteiger partial charge is 0.263 e. The number of carbonyl (C=O) groups excluding carboxylic acids is 1. The van der Waals surface area contributed by atoms with Crippen molar-refractivity contribution in [2.24, 2.45) is 0 Å². The largest absolute Gasteiger partial charge is 0.484 e. The third kappa shape index (κ3) is 3.84. The van der Waals surface area contributed by atoms with Gasteiger partial charge < -0.3 is 10.1 Å². The number of aromatic nitrogens is 2. The monoisotopic (exact) mass is 259 g/mol. The number of amides is 1. The highest BCUT2D eigenvalue weighted by Gasteiger charge is 2.05. The summed E-state index contributed by atoms with van der Waals surface area (Å²) in [5.74, 6) is 1.47. The first-order chi connectivity index (χ1) is 9.15. The van der Waals surface area contributed by atoms with Crippen LogP contribution < -0.4 is 10.1 Å². The Hall–Kier alpha value is -2.30. The van der Waals surface area contributed by atoms with Crippen LogP contribution in [0.5, 0.6) is 5.75 Å². The molecule has 0 saturated carbocycles. The van der Waals surface area contributed by atoms with Crippen molar-refractivity contribution in [2.75, 3.05) is 11.9 Å². The second-order valence-electron chi connectivity index (χ2n) is 4.53. The molecule has 0 aliphatic rings. The van der Waals surface area contributed by atoms with Gasteiger partial charge in [-0.25, -0.2) is 0 Å². The van der Waals surface area contributed by atoms with Gasteiger partial charge >= 0.3 is 0 Å². The molecule has 0 aliphatic heterocycles. The van der Waals surface area contributed by atoms with Crippen molar-refractivity contribution < 1.29 is 9.53 Å². The topological polar surface area (TPSA) is 67.0 Å². The average molecular weight is 259 g/mol. The first kappa shape index (κ1) is 13.1. The summed E-state index contributed by atoms with van der Waals surface area (Å²) in [7, 11) is 0. The highest BCUT2D eigenvalue weighted by atomic mass is 16.5. The van der Waals surface area contributed by atoms with Crippen LogP contribution in [0.25, 0.3) is 0 Å². The predicted molar refractivity (Wildman–Crippen MR) is 73.2 cm³/mol. The van der Waals surface area contributed by atoms with E-state index in [-0.39, 0.29) is 12.5 Å². The van der Waals surface area contributed by atoms with Gasteiger partial charge in [-0.3, -0.25) is 9.89 Å². The minimum absolute atomic E-state index is 0.0272. The van der Waals surface area contributed by atoms with Gasteiger partial charge in [0.2, 0.25) is 0 Å². The summed E-state index contributed by atoms with van der Waals surface area (Å²) in [6.07, 6.45) is 1.57. The Bertz CT molecular complexity index is 535. The van der Waals surface area contributed by atoms with Crippen LogP contribution in [0, 0.1) is 0 Å². The van der Waals surface area contributed by atoms with E-state index >= 15 is 0 Å². The fourth-order valence-electron chi connectivity index (χ4n) is 1.62. The number of hydrogen-bond acceptors (Lipinski definition) is 3. The van der Waals surface area contributed by atoms with Crippen molar-refractivity contribution >= 4 is 11.7 Å². The molecule has 2 rings (SSSR count). The maximum absolute atomic E-state index is 11.6. The van der Waals surface area contributed by atoms with Gasteiger partial charge in [0.1, 0.15) is 11.6 Å². The van der Waals surface area contributed by atoms with Gasteiger partial charge in [-0.15, -0.1) is 0 Å².